The lowest BCUT2D eigenvalue weighted by Gasteiger charge is -2.30. The summed E-state index contributed by atoms with van der Waals surface area (Å²) in [7, 11) is 0. The summed E-state index contributed by atoms with van der Waals surface area (Å²) in [5, 5.41) is 105. The van der Waals surface area contributed by atoms with Crippen molar-refractivity contribution in [1.29, 1.82) is 0 Å². The van der Waals surface area contributed by atoms with Gasteiger partial charge < -0.3 is 55.8 Å². The maximum Gasteiger partial charge on any atom is 0.314 e. The number of allylic oxidation sites excluding steroid dienone is 8. The van der Waals surface area contributed by atoms with E-state index in [1.165, 1.54) is 13.0 Å². The number of aliphatic hydroxyl groups excluding tert-OH is 10. The van der Waals surface area contributed by atoms with Gasteiger partial charge in [-0.1, -0.05) is 80.9 Å². The molecule has 12 heteroatoms. The quantitative estimate of drug-likeness (QED) is 0.145. The van der Waals surface area contributed by atoms with Crippen molar-refractivity contribution in [3.63, 3.8) is 0 Å². The Hall–Kier alpha value is -2.23. The van der Waals surface area contributed by atoms with Gasteiger partial charge in [0.1, 0.15) is 30.3 Å². The minimum Gasteiger partial charge on any atom is -0.459 e. The first-order valence-electron chi connectivity index (χ1n) is 16.5. The Morgan fingerprint density at radius 3 is 1.77 bits per heavy atom. The number of cyclic esters (lactones) is 1. The van der Waals surface area contributed by atoms with Crippen molar-refractivity contribution < 1.29 is 60.6 Å². The summed E-state index contributed by atoms with van der Waals surface area (Å²) < 4.78 is 5.41. The topological polar surface area (TPSA) is 229 Å². The van der Waals surface area contributed by atoms with Gasteiger partial charge in [-0.15, -0.1) is 0 Å². The van der Waals surface area contributed by atoms with E-state index in [1.54, 1.807) is 55.5 Å². The molecule has 0 unspecified atom stereocenters. The maximum atomic E-state index is 13.1. The van der Waals surface area contributed by atoms with Crippen LogP contribution >= 0.6 is 0 Å². The second-order valence-corrected chi connectivity index (χ2v) is 12.5. The van der Waals surface area contributed by atoms with E-state index >= 15 is 0 Å². The molecule has 12 atom stereocenters. The van der Waals surface area contributed by atoms with Gasteiger partial charge in [-0.3, -0.25) is 4.79 Å². The predicted octanol–water partition coefficient (Wildman–Crippen LogP) is 0.859. The monoisotopic (exact) mass is 670 g/mol. The fourth-order valence-corrected chi connectivity index (χ4v) is 5.30. The van der Waals surface area contributed by atoms with Gasteiger partial charge >= 0.3 is 5.97 Å². The fraction of sp³-hybridized carbons (Fsp3) is 0.686. The first-order valence-corrected chi connectivity index (χ1v) is 16.5. The molecule has 1 rings (SSSR count). The molecule has 0 amide bonds. The second kappa shape index (κ2) is 23.2. The average Bonchev–Trinajstić information content (AvgIpc) is 2.98. The molecule has 0 saturated heterocycles. The van der Waals surface area contributed by atoms with Gasteiger partial charge in [0.25, 0.3) is 0 Å². The lowest BCUT2D eigenvalue weighted by molar-refractivity contribution is -0.168. The largest absolute Gasteiger partial charge is 0.459 e. The Morgan fingerprint density at radius 2 is 1.21 bits per heavy atom. The van der Waals surface area contributed by atoms with Crippen LogP contribution in [0.3, 0.4) is 0 Å². The Morgan fingerprint density at radius 1 is 0.723 bits per heavy atom. The van der Waals surface area contributed by atoms with E-state index in [0.717, 1.165) is 12.8 Å². The van der Waals surface area contributed by atoms with Crippen molar-refractivity contribution in [1.82, 2.24) is 0 Å². The molecule has 0 saturated carbocycles. The molecular weight excluding hydrogens is 612 g/mol. The molecule has 0 fully saturated rings. The van der Waals surface area contributed by atoms with Crippen LogP contribution < -0.4 is 0 Å². The molecule has 270 valence electrons. The minimum atomic E-state index is -1.61. The molecule has 1 aliphatic rings. The van der Waals surface area contributed by atoms with Crippen LogP contribution in [-0.2, 0) is 9.53 Å². The number of carbonyl (C=O) groups is 1. The molecule has 1 aliphatic heterocycles. The first kappa shape index (κ1) is 42.8. The average molecular weight is 671 g/mol. The summed E-state index contributed by atoms with van der Waals surface area (Å²) in [5.74, 6) is -2.37. The predicted molar refractivity (Wildman–Crippen MR) is 177 cm³/mol. The SMILES string of the molecule is CCCCC[C@@H](O)[C@H]1C(=O)O[C@H](C)[C@@H](O)/C=C/C=C/C=C/C=C/C=C(\C)[C@@H](O)[C@H](O)[C@H](O)C[C@H](O)C[C@H](O)C[C@H](O)C[C@H](O)C[C@@H]1O. The summed E-state index contributed by atoms with van der Waals surface area (Å²) in [6, 6.07) is 0. The highest BCUT2D eigenvalue weighted by molar-refractivity contribution is 5.74. The van der Waals surface area contributed by atoms with E-state index < -0.39 is 85.5 Å². The first-order chi connectivity index (χ1) is 22.2. The lowest BCUT2D eigenvalue weighted by Crippen LogP contribution is -2.43. The summed E-state index contributed by atoms with van der Waals surface area (Å²) >= 11 is 0. The van der Waals surface area contributed by atoms with Crippen molar-refractivity contribution in [3.05, 3.63) is 60.3 Å². The van der Waals surface area contributed by atoms with Crippen LogP contribution in [0.1, 0.15) is 78.6 Å². The number of unbranched alkanes of at least 4 members (excludes halogenated alkanes) is 2. The van der Waals surface area contributed by atoms with Gasteiger partial charge in [-0.05, 0) is 45.1 Å². The Kier molecular flexibility index (Phi) is 21.1. The number of ether oxygens (including phenoxy) is 1. The van der Waals surface area contributed by atoms with Crippen LogP contribution in [-0.4, -0.2) is 124 Å². The van der Waals surface area contributed by atoms with Gasteiger partial charge in [-0.25, -0.2) is 0 Å². The Labute approximate surface area is 278 Å². The molecule has 0 aromatic rings. The van der Waals surface area contributed by atoms with Crippen molar-refractivity contribution in [3.8, 4) is 0 Å². The molecule has 0 bridgehead atoms. The molecule has 0 radical (unpaired) electrons. The molecule has 10 N–H and O–H groups in total. The lowest BCUT2D eigenvalue weighted by atomic mass is 9.87. The number of esters is 1. The van der Waals surface area contributed by atoms with Crippen molar-refractivity contribution in [2.45, 2.75) is 146 Å². The van der Waals surface area contributed by atoms with Crippen LogP contribution in [0.5, 0.6) is 0 Å². The van der Waals surface area contributed by atoms with Crippen molar-refractivity contribution >= 4 is 5.97 Å². The normalized spacial score (nSPS) is 39.6. The van der Waals surface area contributed by atoms with Gasteiger partial charge in [0.15, 0.2) is 0 Å². The Bertz CT molecular complexity index is 1020. The zero-order valence-corrected chi connectivity index (χ0v) is 27.8. The number of rotatable bonds is 5. The highest BCUT2D eigenvalue weighted by Crippen LogP contribution is 2.24. The fourth-order valence-electron chi connectivity index (χ4n) is 5.30. The summed E-state index contributed by atoms with van der Waals surface area (Å²) in [5.41, 5.74) is 0.357. The van der Waals surface area contributed by atoms with Gasteiger partial charge in [-0.2, -0.15) is 0 Å². The van der Waals surface area contributed by atoms with Crippen LogP contribution in [0.15, 0.2) is 60.3 Å². The zero-order valence-electron chi connectivity index (χ0n) is 27.8. The van der Waals surface area contributed by atoms with E-state index in [2.05, 4.69) is 0 Å². The van der Waals surface area contributed by atoms with E-state index in [4.69, 9.17) is 4.74 Å². The number of hydrogen-bond acceptors (Lipinski definition) is 12. The molecule has 0 aliphatic carbocycles. The van der Waals surface area contributed by atoms with Crippen LogP contribution in [0, 0.1) is 5.92 Å². The zero-order chi connectivity index (χ0) is 35.5. The molecule has 12 nitrogen and oxygen atoms in total. The smallest absolute Gasteiger partial charge is 0.314 e. The summed E-state index contributed by atoms with van der Waals surface area (Å²) in [4.78, 5) is 13.1. The van der Waals surface area contributed by atoms with Crippen LogP contribution in [0.25, 0.3) is 0 Å². The maximum absolute atomic E-state index is 13.1. The molecule has 0 spiro atoms. The second-order valence-electron chi connectivity index (χ2n) is 12.5. The van der Waals surface area contributed by atoms with Crippen molar-refractivity contribution in [2.24, 2.45) is 5.92 Å². The molecule has 1 heterocycles. The van der Waals surface area contributed by atoms with Crippen molar-refractivity contribution in [2.75, 3.05) is 0 Å². The van der Waals surface area contributed by atoms with Gasteiger partial charge in [0, 0.05) is 12.8 Å². The standard InChI is InChI=1S/C35H58O12/c1-4-5-11-16-29(41)32-30(42)20-26(38)18-24(36)17-25(37)19-27(39)21-31(43)34(45)33(44)22(2)14-12-9-7-6-8-10-13-15-28(40)23(3)47-35(32)46/h6-10,12-15,23-34,36-45H,4-5,11,16-21H2,1-3H3/b7-6+,10-8+,12-9+,15-13+,22-14+/t23-,24+,25-,26+,27-,28+,29-,30+,31-,32-,33-,34-/m1/s1. The summed E-state index contributed by atoms with van der Waals surface area (Å²) in [6.45, 7) is 5.00. The molecule has 0 aromatic carbocycles. The van der Waals surface area contributed by atoms with E-state index in [0.29, 0.717) is 12.0 Å². The molecule has 0 aromatic heterocycles. The van der Waals surface area contributed by atoms with E-state index in [1.807, 2.05) is 6.92 Å². The number of aliphatic hydroxyl groups is 10. The third kappa shape index (κ3) is 17.1. The highest BCUT2D eigenvalue weighted by atomic mass is 16.6. The third-order valence-corrected chi connectivity index (χ3v) is 8.17. The van der Waals surface area contributed by atoms with E-state index in [-0.39, 0.29) is 32.1 Å². The summed E-state index contributed by atoms with van der Waals surface area (Å²) in [6.07, 6.45) is 0.559. The van der Waals surface area contributed by atoms with Gasteiger partial charge in [0.05, 0.1) is 42.7 Å². The van der Waals surface area contributed by atoms with Gasteiger partial charge in [0.2, 0.25) is 0 Å². The molecule has 47 heavy (non-hydrogen) atoms. The van der Waals surface area contributed by atoms with E-state index in [9.17, 15) is 55.9 Å². The Balaban J connectivity index is 3.19. The highest BCUT2D eigenvalue weighted by Gasteiger charge is 2.37. The van der Waals surface area contributed by atoms with Crippen LogP contribution in [0.2, 0.25) is 0 Å². The number of hydrogen-bond donors (Lipinski definition) is 10. The minimum absolute atomic E-state index is 0.197. The third-order valence-electron chi connectivity index (χ3n) is 8.17. The molecular formula is C35H58O12. The number of carbonyl (C=O) groups excluding carboxylic acids is 1. The van der Waals surface area contributed by atoms with Crippen LogP contribution in [0.4, 0.5) is 0 Å².